The normalized spacial score (nSPS) is 11.4. The quantitative estimate of drug-likeness (QED) is 0.644. The number of benzene rings is 2. The van der Waals surface area contributed by atoms with Crippen LogP contribution < -0.4 is 11.1 Å². The molecule has 0 radical (unpaired) electrons. The summed E-state index contributed by atoms with van der Waals surface area (Å²) in [4.78, 5) is 38.0. The van der Waals surface area contributed by atoms with Gasteiger partial charge in [0.25, 0.3) is 0 Å². The van der Waals surface area contributed by atoms with E-state index in [4.69, 9.17) is 9.15 Å². The van der Waals surface area contributed by atoms with E-state index in [1.54, 1.807) is 37.4 Å². The van der Waals surface area contributed by atoms with Gasteiger partial charge in [-0.05, 0) is 50.6 Å². The number of rotatable bonds is 6. The van der Waals surface area contributed by atoms with Crippen LogP contribution in [0.1, 0.15) is 32.8 Å². The van der Waals surface area contributed by atoms with Gasteiger partial charge < -0.3 is 19.4 Å². The monoisotopic (exact) mass is 425 g/mol. The number of hydrogen-bond donors (Lipinski definition) is 1. The van der Waals surface area contributed by atoms with Crippen molar-refractivity contribution >= 4 is 28.8 Å². The van der Waals surface area contributed by atoms with E-state index < -0.39 is 17.5 Å². The molecule has 0 spiro atoms. The van der Waals surface area contributed by atoms with E-state index in [0.717, 1.165) is 5.56 Å². The smallest absolute Gasteiger partial charge is 0.419 e. The lowest BCUT2D eigenvalue weighted by molar-refractivity contribution is -0.116. The Morgan fingerprint density at radius 1 is 1.13 bits per heavy atom. The maximum Gasteiger partial charge on any atom is 0.419 e. The van der Waals surface area contributed by atoms with Gasteiger partial charge in [0.15, 0.2) is 5.58 Å². The Morgan fingerprint density at radius 3 is 2.61 bits per heavy atom. The molecular formula is C23H27N3O5. The van der Waals surface area contributed by atoms with E-state index >= 15 is 0 Å². The van der Waals surface area contributed by atoms with Gasteiger partial charge in [-0.15, -0.1) is 0 Å². The highest BCUT2D eigenvalue weighted by Crippen LogP contribution is 2.16. The summed E-state index contributed by atoms with van der Waals surface area (Å²) in [7, 11) is 1.66. The summed E-state index contributed by atoms with van der Waals surface area (Å²) in [5, 5.41) is 2.83. The SMILES string of the molecule is CN(Cc1cccc(NC(=O)CCn2c(=O)oc3ccccc32)c1)C(=O)OC(C)(C)C. The fourth-order valence-electron chi connectivity index (χ4n) is 3.09. The molecule has 0 saturated heterocycles. The molecule has 0 aliphatic rings. The van der Waals surface area contributed by atoms with Gasteiger partial charge in [0.1, 0.15) is 5.60 Å². The predicted molar refractivity (Wildman–Crippen MR) is 118 cm³/mol. The third kappa shape index (κ3) is 5.97. The molecule has 0 aliphatic heterocycles. The average Bonchev–Trinajstić information content (AvgIpc) is 3.00. The molecule has 3 aromatic rings. The number of anilines is 1. The number of hydrogen-bond acceptors (Lipinski definition) is 5. The van der Waals surface area contributed by atoms with Crippen LogP contribution in [-0.4, -0.2) is 34.1 Å². The molecule has 31 heavy (non-hydrogen) atoms. The van der Waals surface area contributed by atoms with E-state index in [1.807, 2.05) is 39.0 Å². The van der Waals surface area contributed by atoms with E-state index in [0.29, 0.717) is 23.3 Å². The summed E-state index contributed by atoms with van der Waals surface area (Å²) < 4.78 is 12.0. The molecule has 1 aromatic heterocycles. The van der Waals surface area contributed by atoms with Crippen molar-refractivity contribution in [3.05, 3.63) is 64.6 Å². The van der Waals surface area contributed by atoms with E-state index in [-0.39, 0.29) is 18.9 Å². The number of fused-ring (bicyclic) bond motifs is 1. The molecule has 164 valence electrons. The minimum Gasteiger partial charge on any atom is -0.444 e. The van der Waals surface area contributed by atoms with Gasteiger partial charge in [0.05, 0.1) is 5.52 Å². The first kappa shape index (κ1) is 22.1. The lowest BCUT2D eigenvalue weighted by Gasteiger charge is -2.24. The Kier molecular flexibility index (Phi) is 6.48. The molecular weight excluding hydrogens is 398 g/mol. The van der Waals surface area contributed by atoms with Crippen molar-refractivity contribution in [3.63, 3.8) is 0 Å². The Balaban J connectivity index is 1.59. The molecule has 0 fully saturated rings. The molecule has 2 aromatic carbocycles. The van der Waals surface area contributed by atoms with E-state index in [1.165, 1.54) is 9.47 Å². The van der Waals surface area contributed by atoms with Crippen LogP contribution in [0.3, 0.4) is 0 Å². The molecule has 2 amide bonds. The van der Waals surface area contributed by atoms with Gasteiger partial charge in [-0.25, -0.2) is 9.59 Å². The van der Waals surface area contributed by atoms with Gasteiger partial charge in [0, 0.05) is 32.2 Å². The third-order valence-corrected chi connectivity index (χ3v) is 4.47. The fourth-order valence-corrected chi connectivity index (χ4v) is 3.09. The number of nitrogens with zero attached hydrogens (tertiary/aromatic N) is 2. The van der Waals surface area contributed by atoms with Crippen LogP contribution in [0.25, 0.3) is 11.1 Å². The Morgan fingerprint density at radius 2 is 1.87 bits per heavy atom. The lowest BCUT2D eigenvalue weighted by atomic mass is 10.2. The third-order valence-electron chi connectivity index (χ3n) is 4.47. The summed E-state index contributed by atoms with van der Waals surface area (Å²) in [6.07, 6.45) is -0.300. The van der Waals surface area contributed by atoms with Crippen LogP contribution in [0.5, 0.6) is 0 Å². The molecule has 8 nitrogen and oxygen atoms in total. The second-order valence-electron chi connectivity index (χ2n) is 8.32. The largest absolute Gasteiger partial charge is 0.444 e. The Hall–Kier alpha value is -3.55. The number of carbonyl (C=O) groups excluding carboxylic acids is 2. The molecule has 0 unspecified atom stereocenters. The highest BCUT2D eigenvalue weighted by molar-refractivity contribution is 5.90. The van der Waals surface area contributed by atoms with Gasteiger partial charge in [0.2, 0.25) is 5.91 Å². The van der Waals surface area contributed by atoms with Crippen molar-refractivity contribution in [2.75, 3.05) is 12.4 Å². The summed E-state index contributed by atoms with van der Waals surface area (Å²) in [6.45, 7) is 6.00. The molecule has 0 aliphatic carbocycles. The number of para-hydroxylation sites is 2. The average molecular weight is 425 g/mol. The van der Waals surface area contributed by atoms with Crippen LogP contribution in [-0.2, 0) is 22.6 Å². The number of carbonyl (C=O) groups is 2. The van der Waals surface area contributed by atoms with Crippen LogP contribution in [0.4, 0.5) is 10.5 Å². The van der Waals surface area contributed by atoms with E-state index in [9.17, 15) is 14.4 Å². The van der Waals surface area contributed by atoms with Crippen molar-refractivity contribution in [3.8, 4) is 0 Å². The minimum atomic E-state index is -0.566. The van der Waals surface area contributed by atoms with E-state index in [2.05, 4.69) is 5.32 Å². The second-order valence-corrected chi connectivity index (χ2v) is 8.32. The number of nitrogens with one attached hydrogen (secondary N) is 1. The number of aromatic nitrogens is 1. The van der Waals surface area contributed by atoms with Crippen molar-refractivity contribution in [1.82, 2.24) is 9.47 Å². The maximum absolute atomic E-state index is 12.4. The topological polar surface area (TPSA) is 93.8 Å². The van der Waals surface area contributed by atoms with Gasteiger partial charge in [-0.2, -0.15) is 0 Å². The molecule has 0 bridgehead atoms. The molecule has 0 saturated carbocycles. The van der Waals surface area contributed by atoms with Crippen molar-refractivity contribution in [1.29, 1.82) is 0 Å². The molecule has 8 heteroatoms. The Bertz CT molecular complexity index is 1140. The number of ether oxygens (including phenoxy) is 1. The highest BCUT2D eigenvalue weighted by Gasteiger charge is 2.19. The molecule has 1 heterocycles. The van der Waals surface area contributed by atoms with Crippen molar-refractivity contribution in [2.24, 2.45) is 0 Å². The zero-order valence-corrected chi connectivity index (χ0v) is 18.2. The van der Waals surface area contributed by atoms with Gasteiger partial charge >= 0.3 is 11.8 Å². The van der Waals surface area contributed by atoms with Crippen molar-refractivity contribution < 1.29 is 18.7 Å². The number of oxazole rings is 1. The van der Waals surface area contributed by atoms with Crippen LogP contribution in [0.2, 0.25) is 0 Å². The summed E-state index contributed by atoms with van der Waals surface area (Å²) in [6, 6.07) is 14.3. The van der Waals surface area contributed by atoms with Crippen molar-refractivity contribution in [2.45, 2.75) is 45.9 Å². The zero-order valence-electron chi connectivity index (χ0n) is 18.2. The highest BCUT2D eigenvalue weighted by atomic mass is 16.6. The lowest BCUT2D eigenvalue weighted by Crippen LogP contribution is -2.33. The minimum absolute atomic E-state index is 0.117. The number of amides is 2. The van der Waals surface area contributed by atoms with Gasteiger partial charge in [-0.1, -0.05) is 24.3 Å². The zero-order chi connectivity index (χ0) is 22.6. The fraction of sp³-hybridized carbons (Fsp3) is 0.348. The van der Waals surface area contributed by atoms with Gasteiger partial charge in [-0.3, -0.25) is 9.36 Å². The second kappa shape index (κ2) is 9.07. The first-order chi connectivity index (χ1) is 14.6. The molecule has 0 atom stereocenters. The maximum atomic E-state index is 12.4. The first-order valence-electron chi connectivity index (χ1n) is 10.0. The molecule has 1 N–H and O–H groups in total. The van der Waals surface area contributed by atoms with Crippen LogP contribution >= 0.6 is 0 Å². The summed E-state index contributed by atoms with van der Waals surface area (Å²) >= 11 is 0. The van der Waals surface area contributed by atoms with Crippen LogP contribution in [0.15, 0.2) is 57.7 Å². The van der Waals surface area contributed by atoms with Crippen LogP contribution in [0, 0.1) is 0 Å². The number of aryl methyl sites for hydroxylation is 1. The first-order valence-corrected chi connectivity index (χ1v) is 10.0. The summed E-state index contributed by atoms with van der Waals surface area (Å²) in [5.41, 5.74) is 2.05. The predicted octanol–water partition coefficient (Wildman–Crippen LogP) is 3.99. The summed E-state index contributed by atoms with van der Waals surface area (Å²) in [5.74, 6) is -0.712. The Labute approximate surface area is 180 Å². The standard InChI is InChI=1S/C23H27N3O5/c1-23(2,3)31-21(28)25(4)15-16-8-7-9-17(14-16)24-20(27)12-13-26-18-10-5-6-11-19(18)30-22(26)29/h5-11,14H,12-13,15H2,1-4H3,(H,24,27). The molecule has 3 rings (SSSR count).